The van der Waals surface area contributed by atoms with Crippen molar-refractivity contribution >= 4 is 17.3 Å². The van der Waals surface area contributed by atoms with Crippen molar-refractivity contribution in [2.45, 2.75) is 12.5 Å². The summed E-state index contributed by atoms with van der Waals surface area (Å²) < 4.78 is 0. The standard InChI is InChI=1S/C12H14N4O/c1-16-5-4-10(12(16)17)15-11-6-8(7-13)2-3-9(11)14/h2-3,6,10,15H,4-5,14H2,1H3. The topological polar surface area (TPSA) is 82.2 Å². The average molecular weight is 230 g/mol. The quantitative estimate of drug-likeness (QED) is 0.736. The number of nitrogens with two attached hydrogens (primary N) is 1. The van der Waals surface area contributed by atoms with E-state index in [0.717, 1.165) is 13.0 Å². The Bertz CT molecular complexity index is 492. The Labute approximate surface area is 99.8 Å². The molecule has 2 rings (SSSR count). The van der Waals surface area contributed by atoms with Crippen molar-refractivity contribution in [2.75, 3.05) is 24.6 Å². The van der Waals surface area contributed by atoms with Crippen LogP contribution in [0.25, 0.3) is 0 Å². The van der Waals surface area contributed by atoms with Gasteiger partial charge in [-0.15, -0.1) is 0 Å². The molecule has 5 heteroatoms. The van der Waals surface area contributed by atoms with Crippen LogP contribution in [0.15, 0.2) is 18.2 Å². The molecular weight excluding hydrogens is 216 g/mol. The first kappa shape index (κ1) is 11.3. The first-order valence-electron chi connectivity index (χ1n) is 5.43. The Morgan fingerprint density at radius 2 is 2.35 bits per heavy atom. The maximum atomic E-state index is 11.7. The molecule has 0 aromatic heterocycles. The minimum atomic E-state index is -0.240. The van der Waals surface area contributed by atoms with Crippen LogP contribution in [0.2, 0.25) is 0 Å². The minimum Gasteiger partial charge on any atom is -0.397 e. The fourth-order valence-corrected chi connectivity index (χ4v) is 1.89. The number of anilines is 2. The zero-order valence-electron chi connectivity index (χ0n) is 9.60. The molecule has 0 saturated carbocycles. The lowest BCUT2D eigenvalue weighted by molar-refractivity contribution is -0.127. The monoisotopic (exact) mass is 230 g/mol. The number of nitrogen functional groups attached to an aromatic ring is 1. The molecule has 1 aliphatic rings. The highest BCUT2D eigenvalue weighted by molar-refractivity contribution is 5.87. The number of likely N-dealkylation sites (tertiary alicyclic amines) is 1. The fourth-order valence-electron chi connectivity index (χ4n) is 1.89. The van der Waals surface area contributed by atoms with E-state index in [1.165, 1.54) is 0 Å². The van der Waals surface area contributed by atoms with Gasteiger partial charge in [0.25, 0.3) is 0 Å². The van der Waals surface area contributed by atoms with Crippen molar-refractivity contribution in [3.8, 4) is 6.07 Å². The van der Waals surface area contributed by atoms with E-state index in [1.54, 1.807) is 30.1 Å². The molecule has 88 valence electrons. The molecule has 1 atom stereocenters. The van der Waals surface area contributed by atoms with Gasteiger partial charge in [0.1, 0.15) is 6.04 Å². The summed E-state index contributed by atoms with van der Waals surface area (Å²) in [6, 6.07) is 6.80. The Kier molecular flexibility index (Phi) is 2.88. The average Bonchev–Trinajstić information content (AvgIpc) is 2.64. The van der Waals surface area contributed by atoms with Crippen LogP contribution in [-0.2, 0) is 4.79 Å². The lowest BCUT2D eigenvalue weighted by atomic mass is 10.1. The van der Waals surface area contributed by atoms with E-state index >= 15 is 0 Å². The van der Waals surface area contributed by atoms with Crippen molar-refractivity contribution in [2.24, 2.45) is 0 Å². The number of nitrogens with zero attached hydrogens (tertiary/aromatic N) is 2. The van der Waals surface area contributed by atoms with Gasteiger partial charge in [0, 0.05) is 13.6 Å². The van der Waals surface area contributed by atoms with Crippen LogP contribution < -0.4 is 11.1 Å². The number of carbonyl (C=O) groups is 1. The van der Waals surface area contributed by atoms with E-state index in [2.05, 4.69) is 5.32 Å². The van der Waals surface area contributed by atoms with E-state index in [-0.39, 0.29) is 11.9 Å². The molecule has 3 N–H and O–H groups in total. The number of rotatable bonds is 2. The van der Waals surface area contributed by atoms with Crippen LogP contribution in [0.3, 0.4) is 0 Å². The van der Waals surface area contributed by atoms with Gasteiger partial charge in [-0.3, -0.25) is 4.79 Å². The van der Waals surface area contributed by atoms with Gasteiger partial charge in [0.15, 0.2) is 0 Å². The largest absolute Gasteiger partial charge is 0.397 e. The van der Waals surface area contributed by atoms with Crippen molar-refractivity contribution in [3.63, 3.8) is 0 Å². The summed E-state index contributed by atoms with van der Waals surface area (Å²) in [7, 11) is 1.78. The third-order valence-corrected chi connectivity index (χ3v) is 2.94. The van der Waals surface area contributed by atoms with Gasteiger partial charge in [-0.25, -0.2) is 0 Å². The van der Waals surface area contributed by atoms with Gasteiger partial charge in [-0.2, -0.15) is 5.26 Å². The third kappa shape index (κ3) is 2.16. The summed E-state index contributed by atoms with van der Waals surface area (Å²) in [5.41, 5.74) is 7.53. The normalized spacial score (nSPS) is 19.2. The molecule has 1 aliphatic heterocycles. The van der Waals surface area contributed by atoms with Crippen LogP contribution in [-0.4, -0.2) is 30.4 Å². The number of amides is 1. The maximum absolute atomic E-state index is 11.7. The Morgan fingerprint density at radius 3 is 2.94 bits per heavy atom. The van der Waals surface area contributed by atoms with E-state index < -0.39 is 0 Å². The summed E-state index contributed by atoms with van der Waals surface area (Å²) >= 11 is 0. The summed E-state index contributed by atoms with van der Waals surface area (Å²) in [5.74, 6) is 0.0618. The van der Waals surface area contributed by atoms with Gasteiger partial charge in [0.2, 0.25) is 5.91 Å². The van der Waals surface area contributed by atoms with Crippen LogP contribution in [0, 0.1) is 11.3 Å². The highest BCUT2D eigenvalue weighted by Gasteiger charge is 2.29. The van der Waals surface area contributed by atoms with Crippen LogP contribution in [0.1, 0.15) is 12.0 Å². The van der Waals surface area contributed by atoms with Gasteiger partial charge in [-0.05, 0) is 24.6 Å². The Hall–Kier alpha value is -2.22. The minimum absolute atomic E-state index is 0.0618. The number of likely N-dealkylation sites (N-methyl/N-ethyl adjacent to an activating group) is 1. The molecule has 1 unspecified atom stereocenters. The molecule has 0 aliphatic carbocycles. The first-order valence-corrected chi connectivity index (χ1v) is 5.43. The van der Waals surface area contributed by atoms with Crippen molar-refractivity contribution in [1.29, 1.82) is 5.26 Å². The van der Waals surface area contributed by atoms with Crippen molar-refractivity contribution < 1.29 is 4.79 Å². The summed E-state index contributed by atoms with van der Waals surface area (Å²) in [5, 5.41) is 11.9. The number of nitrogens with one attached hydrogen (secondary N) is 1. The second kappa shape index (κ2) is 4.34. The third-order valence-electron chi connectivity index (χ3n) is 2.94. The molecule has 5 nitrogen and oxygen atoms in total. The Morgan fingerprint density at radius 1 is 1.59 bits per heavy atom. The SMILES string of the molecule is CN1CCC(Nc2cc(C#N)ccc2N)C1=O. The van der Waals surface area contributed by atoms with Gasteiger partial charge < -0.3 is 16.0 Å². The molecule has 17 heavy (non-hydrogen) atoms. The fraction of sp³-hybridized carbons (Fsp3) is 0.333. The molecule has 1 fully saturated rings. The number of nitriles is 1. The highest BCUT2D eigenvalue weighted by atomic mass is 16.2. The van der Waals surface area contributed by atoms with E-state index in [4.69, 9.17) is 11.0 Å². The lowest BCUT2D eigenvalue weighted by Crippen LogP contribution is -2.31. The smallest absolute Gasteiger partial charge is 0.244 e. The molecule has 1 saturated heterocycles. The summed E-state index contributed by atoms with van der Waals surface area (Å²) in [6.45, 7) is 0.744. The summed E-state index contributed by atoms with van der Waals surface area (Å²) in [4.78, 5) is 13.4. The van der Waals surface area contributed by atoms with Gasteiger partial charge >= 0.3 is 0 Å². The lowest BCUT2D eigenvalue weighted by Gasteiger charge is -2.15. The van der Waals surface area contributed by atoms with E-state index in [9.17, 15) is 4.79 Å². The predicted molar refractivity (Wildman–Crippen MR) is 65.2 cm³/mol. The number of benzene rings is 1. The first-order chi connectivity index (χ1) is 8.11. The molecule has 0 spiro atoms. The highest BCUT2D eigenvalue weighted by Crippen LogP contribution is 2.23. The molecular formula is C12H14N4O. The Balaban J connectivity index is 2.19. The predicted octanol–water partition coefficient (Wildman–Crippen LogP) is 0.783. The van der Waals surface area contributed by atoms with Crippen LogP contribution >= 0.6 is 0 Å². The van der Waals surface area contributed by atoms with Crippen molar-refractivity contribution in [3.05, 3.63) is 23.8 Å². The van der Waals surface area contributed by atoms with E-state index in [0.29, 0.717) is 16.9 Å². The molecule has 0 bridgehead atoms. The zero-order valence-corrected chi connectivity index (χ0v) is 9.60. The number of carbonyl (C=O) groups excluding carboxylic acids is 1. The van der Waals surface area contributed by atoms with Crippen LogP contribution in [0.5, 0.6) is 0 Å². The molecule has 0 radical (unpaired) electrons. The molecule has 1 aromatic carbocycles. The number of hydrogen-bond acceptors (Lipinski definition) is 4. The second-order valence-electron chi connectivity index (χ2n) is 4.16. The van der Waals surface area contributed by atoms with Gasteiger partial charge in [-0.1, -0.05) is 0 Å². The maximum Gasteiger partial charge on any atom is 0.244 e. The molecule has 1 amide bonds. The van der Waals surface area contributed by atoms with Gasteiger partial charge in [0.05, 0.1) is 23.0 Å². The van der Waals surface area contributed by atoms with Crippen molar-refractivity contribution in [1.82, 2.24) is 4.90 Å². The second-order valence-corrected chi connectivity index (χ2v) is 4.16. The number of hydrogen-bond donors (Lipinski definition) is 2. The van der Waals surface area contributed by atoms with E-state index in [1.807, 2.05) is 6.07 Å². The molecule has 1 heterocycles. The summed E-state index contributed by atoms with van der Waals surface area (Å²) in [6.07, 6.45) is 0.756. The molecule has 1 aromatic rings. The zero-order chi connectivity index (χ0) is 12.4. The van der Waals surface area contributed by atoms with Crippen LogP contribution in [0.4, 0.5) is 11.4 Å².